The Morgan fingerprint density at radius 1 is 1.31 bits per heavy atom. The summed E-state index contributed by atoms with van der Waals surface area (Å²) in [7, 11) is 1.79. The van der Waals surface area contributed by atoms with E-state index in [9.17, 15) is 0 Å². The molecule has 0 bridgehead atoms. The van der Waals surface area contributed by atoms with Crippen molar-refractivity contribution >= 4 is 39.8 Å². The zero-order valence-corrected chi connectivity index (χ0v) is 21.1. The van der Waals surface area contributed by atoms with Crippen molar-refractivity contribution in [2.45, 2.75) is 66.5 Å². The molecule has 0 amide bonds. The van der Waals surface area contributed by atoms with Gasteiger partial charge in [-0.1, -0.05) is 26.8 Å². The summed E-state index contributed by atoms with van der Waals surface area (Å²) >= 11 is 1.46. The van der Waals surface area contributed by atoms with Crippen LogP contribution in [-0.4, -0.2) is 49.0 Å². The van der Waals surface area contributed by atoms with Crippen molar-refractivity contribution in [2.24, 2.45) is 4.99 Å². The molecule has 3 rings (SSSR count). The molecular formula is C24H35N7S. The predicted octanol–water partition coefficient (Wildman–Crippen LogP) is 5.74. The minimum absolute atomic E-state index is 0.147. The number of nitrogens with zero attached hydrogens (tertiary/aromatic N) is 6. The second kappa shape index (κ2) is 10.4. The normalized spacial score (nSPS) is 13.1. The Hall–Kier alpha value is -2.58. The number of aliphatic imine (C=N–C) groups is 1. The average Bonchev–Trinajstić information content (AvgIpc) is 3.38. The van der Waals surface area contributed by atoms with Crippen molar-refractivity contribution in [1.82, 2.24) is 23.6 Å². The molecule has 0 aliphatic heterocycles. The second-order valence-electron chi connectivity index (χ2n) is 8.51. The SMILES string of the molecule is CC/C=C(\C=NC)c1cnc2c(Nc3cc(CN(CC)C(C)(C)CC)ns3)nc(C)cn12. The van der Waals surface area contributed by atoms with Gasteiger partial charge in [0.2, 0.25) is 0 Å². The van der Waals surface area contributed by atoms with Crippen LogP contribution in [0.2, 0.25) is 0 Å². The third-order valence-corrected chi connectivity index (χ3v) is 6.60. The molecule has 0 fully saturated rings. The number of allylic oxidation sites excluding steroid dienone is 2. The Morgan fingerprint density at radius 2 is 2.09 bits per heavy atom. The summed E-state index contributed by atoms with van der Waals surface area (Å²) in [5, 5.41) is 4.43. The summed E-state index contributed by atoms with van der Waals surface area (Å²) in [6.07, 6.45) is 9.96. The first-order valence-electron chi connectivity index (χ1n) is 11.3. The van der Waals surface area contributed by atoms with E-state index in [2.05, 4.69) is 75.7 Å². The van der Waals surface area contributed by atoms with Gasteiger partial charge in [-0.2, -0.15) is 4.37 Å². The summed E-state index contributed by atoms with van der Waals surface area (Å²) in [6, 6.07) is 2.12. The molecule has 0 aromatic carbocycles. The van der Waals surface area contributed by atoms with Crippen molar-refractivity contribution in [2.75, 3.05) is 18.9 Å². The van der Waals surface area contributed by atoms with Gasteiger partial charge >= 0.3 is 0 Å². The number of rotatable bonds is 10. The standard InChI is InChI=1S/C24H35N7S/c1-8-11-18(13-25-7)20-14-26-23-22(27-17(4)15-31(20)23)28-21-12-19(29-32-21)16-30(10-3)24(5,6)9-2/h11-15H,8-10,16H2,1-7H3,(H,27,28)/b18-11+,25-13?. The highest BCUT2D eigenvalue weighted by atomic mass is 32.1. The van der Waals surface area contributed by atoms with E-state index in [0.717, 1.165) is 65.1 Å². The molecule has 1 N–H and O–H groups in total. The summed E-state index contributed by atoms with van der Waals surface area (Å²) in [6.45, 7) is 15.0. The van der Waals surface area contributed by atoms with Crippen molar-refractivity contribution in [3.05, 3.63) is 41.6 Å². The molecule has 3 aromatic heterocycles. The summed E-state index contributed by atoms with van der Waals surface area (Å²) in [4.78, 5) is 16.1. The predicted molar refractivity (Wildman–Crippen MR) is 136 cm³/mol. The molecule has 0 saturated heterocycles. The van der Waals surface area contributed by atoms with E-state index in [1.807, 2.05) is 25.5 Å². The molecule has 7 nitrogen and oxygen atoms in total. The Kier molecular flexibility index (Phi) is 7.79. The molecule has 0 spiro atoms. The molecule has 0 unspecified atom stereocenters. The molecule has 3 aromatic rings. The third-order valence-electron chi connectivity index (χ3n) is 5.86. The summed E-state index contributed by atoms with van der Waals surface area (Å²) < 4.78 is 6.77. The minimum atomic E-state index is 0.147. The van der Waals surface area contributed by atoms with Gasteiger partial charge in [-0.15, -0.1) is 0 Å². The largest absolute Gasteiger partial charge is 0.328 e. The molecular weight excluding hydrogens is 418 g/mol. The van der Waals surface area contributed by atoms with Crippen LogP contribution in [-0.2, 0) is 6.54 Å². The quantitative estimate of drug-likeness (QED) is 0.396. The van der Waals surface area contributed by atoms with Crippen LogP contribution in [0.25, 0.3) is 11.2 Å². The number of imidazole rings is 1. The van der Waals surface area contributed by atoms with Crippen molar-refractivity contribution in [3.63, 3.8) is 0 Å². The van der Waals surface area contributed by atoms with Crippen LogP contribution in [0.4, 0.5) is 10.8 Å². The third kappa shape index (κ3) is 5.24. The Labute approximate surface area is 195 Å². The topological polar surface area (TPSA) is 70.7 Å². The van der Waals surface area contributed by atoms with E-state index in [0.29, 0.717) is 0 Å². The Morgan fingerprint density at radius 3 is 2.75 bits per heavy atom. The lowest BCUT2D eigenvalue weighted by Gasteiger charge is -2.36. The first kappa shape index (κ1) is 24.1. The number of anilines is 2. The molecule has 3 heterocycles. The highest BCUT2D eigenvalue weighted by molar-refractivity contribution is 7.10. The molecule has 0 atom stereocenters. The van der Waals surface area contributed by atoms with Crippen LogP contribution < -0.4 is 5.32 Å². The molecule has 8 heteroatoms. The number of aromatic nitrogens is 4. The maximum absolute atomic E-state index is 4.72. The summed E-state index contributed by atoms with van der Waals surface area (Å²) in [5.74, 6) is 0.733. The maximum atomic E-state index is 4.72. The zero-order valence-electron chi connectivity index (χ0n) is 20.3. The zero-order chi connectivity index (χ0) is 23.3. The lowest BCUT2D eigenvalue weighted by Crippen LogP contribution is -2.42. The molecule has 172 valence electrons. The first-order chi connectivity index (χ1) is 15.3. The van der Waals surface area contributed by atoms with E-state index in [4.69, 9.17) is 4.98 Å². The average molecular weight is 454 g/mol. The Balaban J connectivity index is 1.90. The Bertz CT molecular complexity index is 1110. The van der Waals surface area contributed by atoms with Crippen molar-refractivity contribution < 1.29 is 0 Å². The fourth-order valence-corrected chi connectivity index (χ4v) is 4.38. The molecule has 0 saturated carbocycles. The van der Waals surface area contributed by atoms with Gasteiger partial charge < -0.3 is 5.32 Å². The van der Waals surface area contributed by atoms with Crippen LogP contribution >= 0.6 is 11.5 Å². The van der Waals surface area contributed by atoms with E-state index in [1.165, 1.54) is 11.5 Å². The lowest BCUT2D eigenvalue weighted by molar-refractivity contribution is 0.113. The van der Waals surface area contributed by atoms with Gasteiger partial charge in [0.05, 0.1) is 23.3 Å². The lowest BCUT2D eigenvalue weighted by atomic mass is 9.99. The van der Waals surface area contributed by atoms with E-state index in [-0.39, 0.29) is 5.54 Å². The fourth-order valence-electron chi connectivity index (χ4n) is 3.72. The fraction of sp³-hybridized carbons (Fsp3) is 0.500. The van der Waals surface area contributed by atoms with Gasteiger partial charge in [0.25, 0.3) is 0 Å². The van der Waals surface area contributed by atoms with Gasteiger partial charge in [0.1, 0.15) is 5.00 Å². The number of aryl methyl sites for hydroxylation is 1. The maximum Gasteiger partial charge on any atom is 0.180 e. The van der Waals surface area contributed by atoms with Crippen LogP contribution in [0.15, 0.2) is 29.5 Å². The molecule has 0 aliphatic carbocycles. The number of hydrogen-bond donors (Lipinski definition) is 1. The van der Waals surface area contributed by atoms with Crippen LogP contribution in [0.5, 0.6) is 0 Å². The highest BCUT2D eigenvalue weighted by Gasteiger charge is 2.24. The van der Waals surface area contributed by atoms with Crippen LogP contribution in [0, 0.1) is 6.92 Å². The van der Waals surface area contributed by atoms with Gasteiger partial charge in [-0.25, -0.2) is 9.97 Å². The van der Waals surface area contributed by atoms with E-state index in [1.54, 1.807) is 7.05 Å². The molecule has 0 radical (unpaired) electrons. The smallest absolute Gasteiger partial charge is 0.180 e. The molecule has 32 heavy (non-hydrogen) atoms. The minimum Gasteiger partial charge on any atom is -0.328 e. The molecule has 0 aliphatic rings. The van der Waals surface area contributed by atoms with Gasteiger partial charge in [-0.05, 0) is 57.8 Å². The number of nitrogens with one attached hydrogen (secondary N) is 1. The van der Waals surface area contributed by atoms with Gasteiger partial charge in [-0.3, -0.25) is 14.3 Å². The highest BCUT2D eigenvalue weighted by Crippen LogP contribution is 2.28. The van der Waals surface area contributed by atoms with Crippen LogP contribution in [0.3, 0.4) is 0 Å². The first-order valence-corrected chi connectivity index (χ1v) is 12.0. The monoisotopic (exact) mass is 453 g/mol. The van der Waals surface area contributed by atoms with E-state index >= 15 is 0 Å². The van der Waals surface area contributed by atoms with Crippen molar-refractivity contribution in [1.29, 1.82) is 0 Å². The van der Waals surface area contributed by atoms with Crippen LogP contribution in [0.1, 0.15) is 64.5 Å². The van der Waals surface area contributed by atoms with Gasteiger partial charge in [0, 0.05) is 37.1 Å². The van der Waals surface area contributed by atoms with E-state index < -0.39 is 0 Å². The second-order valence-corrected chi connectivity index (χ2v) is 9.32. The number of fused-ring (bicyclic) bond motifs is 1. The van der Waals surface area contributed by atoms with Crippen molar-refractivity contribution in [3.8, 4) is 0 Å². The van der Waals surface area contributed by atoms with Gasteiger partial charge in [0.15, 0.2) is 11.5 Å². The number of hydrogen-bond acceptors (Lipinski definition) is 7. The summed E-state index contributed by atoms with van der Waals surface area (Å²) in [5.41, 5.74) is 4.97.